The molecule has 0 aromatic rings. The van der Waals surface area contributed by atoms with Gasteiger partial charge < -0.3 is 19.8 Å². The molecule has 2 aliphatic heterocycles. The first-order valence-corrected chi connectivity index (χ1v) is 6.41. The molecule has 1 saturated heterocycles. The molecule has 0 spiro atoms. The molecule has 1 fully saturated rings. The smallest absolute Gasteiger partial charge is 0.273 e. The van der Waals surface area contributed by atoms with Crippen molar-refractivity contribution in [3.63, 3.8) is 0 Å². The Morgan fingerprint density at radius 1 is 1.33 bits per heavy atom. The summed E-state index contributed by atoms with van der Waals surface area (Å²) in [5, 5.41) is 20.2. The number of fused-ring (bicyclic) bond motifs is 1. The first-order chi connectivity index (χ1) is 8.21. The number of aliphatic hydroxyl groups excluding tert-OH is 2. The largest absolute Gasteiger partial charge is 0.388 e. The van der Waals surface area contributed by atoms with Crippen LogP contribution in [-0.2, 0) is 4.74 Å². The van der Waals surface area contributed by atoms with Crippen LogP contribution in [0.3, 0.4) is 0 Å². The highest BCUT2D eigenvalue weighted by Gasteiger charge is 2.54. The van der Waals surface area contributed by atoms with Crippen molar-refractivity contribution in [2.24, 2.45) is 4.99 Å². The summed E-state index contributed by atoms with van der Waals surface area (Å²) in [5.41, 5.74) is -0.684. The van der Waals surface area contributed by atoms with Gasteiger partial charge in [0.15, 0.2) is 11.3 Å². The van der Waals surface area contributed by atoms with Gasteiger partial charge in [-0.2, -0.15) is 0 Å². The Hall–Kier alpha value is -0.440. The lowest BCUT2D eigenvalue weighted by molar-refractivity contribution is -0.226. The molecule has 5 atom stereocenters. The van der Waals surface area contributed by atoms with E-state index in [-0.39, 0.29) is 0 Å². The van der Waals surface area contributed by atoms with Gasteiger partial charge in [-0.15, -0.1) is 0 Å². The molecule has 2 heterocycles. The highest BCUT2D eigenvalue weighted by Crippen LogP contribution is 2.40. The summed E-state index contributed by atoms with van der Waals surface area (Å²) in [6, 6.07) is -0.707. The van der Waals surface area contributed by atoms with E-state index in [0.29, 0.717) is 12.1 Å². The summed E-state index contributed by atoms with van der Waals surface area (Å²) >= 11 is 1.18. The molecule has 0 amide bonds. The molecule has 0 bridgehead atoms. The minimum Gasteiger partial charge on any atom is -0.388 e. The summed E-state index contributed by atoms with van der Waals surface area (Å²) in [5.74, 6) is -3.22. The molecular weight excluding hydrogens is 266 g/mol. The average molecular weight is 282 g/mol. The number of ether oxygens (including phenoxy) is 1. The summed E-state index contributed by atoms with van der Waals surface area (Å²) in [4.78, 5) is 5.90. The van der Waals surface area contributed by atoms with Gasteiger partial charge in [0.25, 0.3) is 5.92 Å². The molecule has 18 heavy (non-hydrogen) atoms. The zero-order valence-electron chi connectivity index (χ0n) is 10.2. The zero-order chi connectivity index (χ0) is 13.7. The third-order valence-electron chi connectivity index (χ3n) is 2.93. The Bertz CT molecular complexity index is 362. The van der Waals surface area contributed by atoms with Gasteiger partial charge in [-0.1, -0.05) is 11.8 Å². The molecule has 0 radical (unpaired) electrons. The van der Waals surface area contributed by atoms with Crippen LogP contribution in [-0.4, -0.2) is 70.1 Å². The number of thioether (sulfide) groups is 1. The van der Waals surface area contributed by atoms with Crippen LogP contribution in [0.2, 0.25) is 0 Å². The van der Waals surface area contributed by atoms with E-state index in [0.717, 1.165) is 0 Å². The average Bonchev–Trinajstić information content (AvgIpc) is 2.65. The first kappa shape index (κ1) is 14.0. The molecule has 2 aliphatic rings. The van der Waals surface area contributed by atoms with Gasteiger partial charge in [0.05, 0.1) is 0 Å². The van der Waals surface area contributed by atoms with E-state index in [1.54, 1.807) is 19.0 Å². The lowest BCUT2D eigenvalue weighted by Crippen LogP contribution is -2.59. The maximum atomic E-state index is 13.3. The predicted molar refractivity (Wildman–Crippen MR) is 63.8 cm³/mol. The third-order valence-corrected chi connectivity index (χ3v) is 4.24. The van der Waals surface area contributed by atoms with E-state index in [2.05, 4.69) is 4.99 Å². The number of alkyl halides is 2. The van der Waals surface area contributed by atoms with Crippen LogP contribution in [0.25, 0.3) is 0 Å². The zero-order valence-corrected chi connectivity index (χ0v) is 11.1. The standard InChI is InChI=1S/C10H16F2N2O3S/c1-10(11,12)7-6(16)5(15)4-8(17-7)18-9(13-4)14(2)3/h4-8,15-16H,1-3H3/t4-,5-,6+,7+,8-/m1/s1. The van der Waals surface area contributed by atoms with Crippen LogP contribution in [0.15, 0.2) is 4.99 Å². The van der Waals surface area contributed by atoms with Crippen molar-refractivity contribution in [2.45, 2.75) is 42.6 Å². The maximum Gasteiger partial charge on any atom is 0.273 e. The van der Waals surface area contributed by atoms with Crippen molar-refractivity contribution in [2.75, 3.05) is 14.1 Å². The number of halogens is 2. The second-order valence-corrected chi connectivity index (χ2v) is 5.84. The van der Waals surface area contributed by atoms with Crippen LogP contribution in [0.5, 0.6) is 0 Å². The monoisotopic (exact) mass is 282 g/mol. The molecule has 0 aromatic carbocycles. The van der Waals surface area contributed by atoms with Gasteiger partial charge in [0, 0.05) is 21.0 Å². The summed E-state index contributed by atoms with van der Waals surface area (Å²) in [6.07, 6.45) is -4.69. The first-order valence-electron chi connectivity index (χ1n) is 5.53. The quantitative estimate of drug-likeness (QED) is 0.715. The molecule has 2 N–H and O–H groups in total. The van der Waals surface area contributed by atoms with Gasteiger partial charge in [-0.05, 0) is 0 Å². The number of hydrogen-bond acceptors (Lipinski definition) is 6. The topological polar surface area (TPSA) is 65.3 Å². The SMILES string of the molecule is CN(C)C1=N[C@@H]2[C@@H](O)[C@H](O)[C@@H](C(C)(F)F)O[C@@H]2S1. The molecule has 0 unspecified atom stereocenters. The van der Waals surface area contributed by atoms with Gasteiger partial charge >= 0.3 is 0 Å². The fraction of sp³-hybridized carbons (Fsp3) is 0.900. The highest BCUT2D eigenvalue weighted by molar-refractivity contribution is 8.14. The Kier molecular flexibility index (Phi) is 3.56. The van der Waals surface area contributed by atoms with Crippen LogP contribution in [0, 0.1) is 0 Å². The van der Waals surface area contributed by atoms with E-state index in [1.807, 2.05) is 0 Å². The number of nitrogens with zero attached hydrogens (tertiary/aromatic N) is 2. The van der Waals surface area contributed by atoms with Crippen LogP contribution in [0.1, 0.15) is 6.92 Å². The Morgan fingerprint density at radius 2 is 1.94 bits per heavy atom. The van der Waals surface area contributed by atoms with Crippen molar-refractivity contribution in [1.29, 1.82) is 0 Å². The number of amidine groups is 1. The Morgan fingerprint density at radius 3 is 2.44 bits per heavy atom. The lowest BCUT2D eigenvalue weighted by Gasteiger charge is -2.40. The molecule has 0 aliphatic carbocycles. The Balaban J connectivity index is 2.19. The minimum absolute atomic E-state index is 0.594. The van der Waals surface area contributed by atoms with E-state index in [9.17, 15) is 19.0 Å². The second-order valence-electron chi connectivity index (χ2n) is 4.78. The summed E-state index contributed by atoms with van der Waals surface area (Å²) in [6.45, 7) is 0.668. The number of aliphatic imine (C=N–C) groups is 1. The summed E-state index contributed by atoms with van der Waals surface area (Å²) in [7, 11) is 3.52. The van der Waals surface area contributed by atoms with Gasteiger partial charge in [0.2, 0.25) is 0 Å². The molecular formula is C10H16F2N2O3S. The van der Waals surface area contributed by atoms with Gasteiger partial charge in [0.1, 0.15) is 23.7 Å². The highest BCUT2D eigenvalue weighted by atomic mass is 32.2. The van der Waals surface area contributed by atoms with Crippen LogP contribution >= 0.6 is 11.8 Å². The number of hydrogen-bond donors (Lipinski definition) is 2. The van der Waals surface area contributed by atoms with Crippen LogP contribution < -0.4 is 0 Å². The number of rotatable bonds is 1. The van der Waals surface area contributed by atoms with E-state index >= 15 is 0 Å². The van der Waals surface area contributed by atoms with Gasteiger partial charge in [-0.25, -0.2) is 8.78 Å². The van der Waals surface area contributed by atoms with E-state index < -0.39 is 35.7 Å². The second kappa shape index (κ2) is 4.59. The van der Waals surface area contributed by atoms with Crippen molar-refractivity contribution < 1.29 is 23.7 Å². The fourth-order valence-corrected chi connectivity index (χ4v) is 3.12. The molecule has 2 rings (SSSR count). The van der Waals surface area contributed by atoms with Crippen molar-refractivity contribution in [1.82, 2.24) is 4.90 Å². The van der Waals surface area contributed by atoms with Gasteiger partial charge in [-0.3, -0.25) is 4.99 Å². The third kappa shape index (κ3) is 2.34. The molecule has 104 valence electrons. The van der Waals surface area contributed by atoms with E-state index in [4.69, 9.17) is 4.74 Å². The predicted octanol–water partition coefficient (Wildman–Crippen LogP) is 0.121. The van der Waals surface area contributed by atoms with Crippen molar-refractivity contribution in [3.8, 4) is 0 Å². The maximum absolute atomic E-state index is 13.3. The molecule has 8 heteroatoms. The normalized spacial score (nSPS) is 40.4. The Labute approximate surface area is 108 Å². The molecule has 0 aromatic heterocycles. The minimum atomic E-state index is -3.22. The van der Waals surface area contributed by atoms with Crippen LogP contribution in [0.4, 0.5) is 8.78 Å². The van der Waals surface area contributed by atoms with E-state index in [1.165, 1.54) is 11.8 Å². The summed E-state index contributed by atoms with van der Waals surface area (Å²) < 4.78 is 31.8. The lowest BCUT2D eigenvalue weighted by atomic mass is 9.95. The molecule has 0 saturated carbocycles. The molecule has 5 nitrogen and oxygen atoms in total. The van der Waals surface area contributed by atoms with Crippen molar-refractivity contribution >= 4 is 16.9 Å². The number of aliphatic hydroxyl groups is 2. The van der Waals surface area contributed by atoms with Crippen molar-refractivity contribution in [3.05, 3.63) is 0 Å². The fourth-order valence-electron chi connectivity index (χ4n) is 1.98.